The lowest BCUT2D eigenvalue weighted by Crippen LogP contribution is -2.38. The Morgan fingerprint density at radius 3 is 2.41 bits per heavy atom. The predicted molar refractivity (Wildman–Crippen MR) is 218 cm³/mol. The second-order valence-electron chi connectivity index (χ2n) is 15.6. The fourth-order valence-corrected chi connectivity index (χ4v) is 9.29. The molecule has 3 atom stereocenters. The van der Waals surface area contributed by atoms with Crippen LogP contribution in [0.5, 0.6) is 0 Å². The molecule has 0 spiro atoms. The third-order valence-electron chi connectivity index (χ3n) is 11.2. The van der Waals surface area contributed by atoms with Crippen molar-refractivity contribution in [3.05, 3.63) is 133 Å². The van der Waals surface area contributed by atoms with Crippen LogP contribution in [0.3, 0.4) is 0 Å². The molecule has 1 fully saturated rings. The molecule has 0 aliphatic heterocycles. The minimum absolute atomic E-state index is 0.00789. The third-order valence-corrected chi connectivity index (χ3v) is 12.1. The number of aromatic nitrogens is 6. The predicted octanol–water partition coefficient (Wildman–Crippen LogP) is 7.70. The fourth-order valence-electron chi connectivity index (χ4n) is 8.55. The first-order valence-electron chi connectivity index (χ1n) is 19.2. The number of fused-ring (bicyclic) bond motifs is 5. The Morgan fingerprint density at radius 2 is 1.72 bits per heavy atom. The van der Waals surface area contributed by atoms with E-state index in [4.69, 9.17) is 16.6 Å². The van der Waals surface area contributed by atoms with Crippen LogP contribution < -0.4 is 15.6 Å². The Hall–Kier alpha value is -6.79. The number of hydrogen-bond donors (Lipinski definition) is 2. The van der Waals surface area contributed by atoms with Crippen LogP contribution in [0.4, 0.5) is 36.6 Å². The lowest BCUT2D eigenvalue weighted by molar-refractivity contribution is -0.123. The maximum Gasteiger partial charge on any atom is 0.293 e. The van der Waals surface area contributed by atoms with Gasteiger partial charge in [-0.2, -0.15) is 24.2 Å². The van der Waals surface area contributed by atoms with Crippen molar-refractivity contribution in [3.63, 3.8) is 0 Å². The van der Waals surface area contributed by atoms with E-state index in [1.807, 2.05) is 0 Å². The van der Waals surface area contributed by atoms with Crippen molar-refractivity contribution in [2.75, 3.05) is 11.0 Å². The van der Waals surface area contributed by atoms with Crippen molar-refractivity contribution in [2.45, 2.75) is 43.7 Å². The number of aryl methyl sites for hydroxylation is 1. The summed E-state index contributed by atoms with van der Waals surface area (Å²) in [6.07, 6.45) is -2.91. The summed E-state index contributed by atoms with van der Waals surface area (Å²) in [6, 6.07) is 13.4. The molecule has 1 unspecified atom stereocenters. The lowest BCUT2D eigenvalue weighted by atomic mass is 10.0. The highest BCUT2D eigenvalue weighted by Crippen LogP contribution is 2.68. The van der Waals surface area contributed by atoms with E-state index >= 15 is 13.6 Å². The normalized spacial score (nSPS) is 16.8. The number of rotatable bonds is 11. The zero-order chi connectivity index (χ0) is 45.7. The highest BCUT2D eigenvalue weighted by molar-refractivity contribution is 7.92. The largest absolute Gasteiger partial charge is 0.344 e. The average molecular weight is 924 g/mol. The molecule has 64 heavy (non-hydrogen) atoms. The minimum Gasteiger partial charge on any atom is -0.344 e. The van der Waals surface area contributed by atoms with Crippen LogP contribution in [-0.4, -0.2) is 49.7 Å². The number of nitrogens with one attached hydrogen (secondary N) is 2. The van der Waals surface area contributed by atoms with Crippen molar-refractivity contribution >= 4 is 55.2 Å². The maximum absolute atomic E-state index is 15.5. The van der Waals surface area contributed by atoms with Gasteiger partial charge in [0, 0.05) is 31.0 Å². The Balaban J connectivity index is 1.27. The molecule has 0 radical (unpaired) electrons. The fraction of sp³-hybridized carbons (Fsp3) is 0.238. The number of alkyl halides is 4. The lowest BCUT2D eigenvalue weighted by Gasteiger charge is -2.24. The van der Waals surface area contributed by atoms with Gasteiger partial charge in [-0.15, -0.1) is 0 Å². The van der Waals surface area contributed by atoms with E-state index in [-0.39, 0.29) is 67.3 Å². The zero-order valence-electron chi connectivity index (χ0n) is 33.0. The summed E-state index contributed by atoms with van der Waals surface area (Å²) in [5, 5.41) is 20.1. The molecule has 2 N–H and O–H groups in total. The van der Waals surface area contributed by atoms with Crippen LogP contribution >= 0.6 is 11.6 Å². The number of hydrogen-bond acceptors (Lipinski definition) is 8. The molecule has 328 valence electrons. The van der Waals surface area contributed by atoms with Crippen LogP contribution in [0.1, 0.15) is 58.7 Å². The Kier molecular flexibility index (Phi) is 10.1. The van der Waals surface area contributed by atoms with Crippen LogP contribution in [-0.2, 0) is 40.8 Å². The van der Waals surface area contributed by atoms with E-state index < -0.39 is 93.5 Å². The quantitative estimate of drug-likeness (QED) is 0.125. The van der Waals surface area contributed by atoms with Gasteiger partial charge in [0.2, 0.25) is 15.9 Å². The van der Waals surface area contributed by atoms with E-state index in [2.05, 4.69) is 20.2 Å². The highest BCUT2D eigenvalue weighted by atomic mass is 35.5. The van der Waals surface area contributed by atoms with Gasteiger partial charge in [0.05, 0.1) is 50.4 Å². The van der Waals surface area contributed by atoms with E-state index in [9.17, 15) is 40.4 Å². The molecule has 3 aromatic heterocycles. The van der Waals surface area contributed by atoms with Gasteiger partial charge < -0.3 is 5.32 Å². The molecular weight excluding hydrogens is 895 g/mol. The van der Waals surface area contributed by atoms with Crippen LogP contribution in [0.25, 0.3) is 38.6 Å². The summed E-state index contributed by atoms with van der Waals surface area (Å²) >= 11 is 6.61. The molecule has 2 aliphatic rings. The van der Waals surface area contributed by atoms with Crippen LogP contribution in [0, 0.1) is 34.7 Å². The maximum atomic E-state index is 15.5. The van der Waals surface area contributed by atoms with E-state index in [1.165, 1.54) is 54.2 Å². The molecule has 13 nitrogen and oxygen atoms in total. The molecule has 4 aromatic carbocycles. The summed E-state index contributed by atoms with van der Waals surface area (Å²) in [4.78, 5) is 34.0. The first-order chi connectivity index (χ1) is 30.2. The third kappa shape index (κ3) is 7.29. The summed E-state index contributed by atoms with van der Waals surface area (Å²) < 4.78 is 133. The topological polar surface area (TPSA) is 170 Å². The number of halogens is 8. The molecule has 0 bridgehead atoms. The standard InChI is InChI=1S/C42H29ClF7N9O4S/c1-57-36-31(8-6-27(43)34(36)39(55-57)56-64(2,62)63)59-40(53-29-13-20(3-5-24(29)41(59)61)19-4-7-28(46)21(12-19)16-51)30(11-18-9-22(44)14-23(45)10-18)52-32(60)17-58-37-33(35(54-58)38(47)48)25-15-26(25)42(37,49)50/h3-10,12-14,25-26,30,38H,11,15,17H2,1-2H3,(H,52,60)(H,55,56)/t25-,26?,30+/m1/s1. The molecule has 7 aromatic rings. The molecule has 0 saturated heterocycles. The number of carbonyl (C=O) groups excluding carboxylic acids is 1. The van der Waals surface area contributed by atoms with Crippen molar-refractivity contribution < 1.29 is 43.9 Å². The van der Waals surface area contributed by atoms with Crippen LogP contribution in [0.2, 0.25) is 5.02 Å². The van der Waals surface area contributed by atoms with Gasteiger partial charge in [0.25, 0.3) is 17.9 Å². The number of anilines is 1. The number of carbonyl (C=O) groups is 1. The Bertz CT molecular complexity index is 3350. The monoisotopic (exact) mass is 923 g/mol. The van der Waals surface area contributed by atoms with Crippen molar-refractivity contribution in [1.82, 2.24) is 34.4 Å². The molecule has 3 heterocycles. The second kappa shape index (κ2) is 15.2. The molecule has 22 heteroatoms. The summed E-state index contributed by atoms with van der Waals surface area (Å²) in [5.74, 6) is -10.2. The summed E-state index contributed by atoms with van der Waals surface area (Å²) in [5.41, 5.74) is -2.53. The van der Waals surface area contributed by atoms with Gasteiger partial charge in [-0.1, -0.05) is 23.7 Å². The van der Waals surface area contributed by atoms with Gasteiger partial charge in [0.1, 0.15) is 47.3 Å². The molecule has 1 amide bonds. The van der Waals surface area contributed by atoms with Gasteiger partial charge in [-0.25, -0.2) is 35.4 Å². The average Bonchev–Trinajstić information content (AvgIpc) is 3.76. The summed E-state index contributed by atoms with van der Waals surface area (Å²) in [6.45, 7) is -1.03. The van der Waals surface area contributed by atoms with Crippen molar-refractivity contribution in [1.29, 1.82) is 5.26 Å². The van der Waals surface area contributed by atoms with Gasteiger partial charge in [-0.05, 0) is 77.6 Å². The number of nitriles is 1. The van der Waals surface area contributed by atoms with Crippen LogP contribution in [0.15, 0.2) is 71.5 Å². The Morgan fingerprint density at radius 1 is 1.02 bits per heavy atom. The summed E-state index contributed by atoms with van der Waals surface area (Å²) in [7, 11) is -2.53. The Labute approximate surface area is 361 Å². The number of amides is 1. The minimum atomic E-state index is -3.95. The van der Waals surface area contributed by atoms with E-state index in [0.717, 1.165) is 29.0 Å². The number of nitrogens with zero attached hydrogens (tertiary/aromatic N) is 7. The first kappa shape index (κ1) is 42.5. The van der Waals surface area contributed by atoms with Crippen molar-refractivity contribution in [2.24, 2.45) is 13.0 Å². The molecule has 9 rings (SSSR count). The number of sulfonamides is 1. The first-order valence-corrected chi connectivity index (χ1v) is 21.4. The molecular formula is C42H29ClF7N9O4S. The second-order valence-corrected chi connectivity index (χ2v) is 17.7. The molecule has 2 aliphatic carbocycles. The SMILES string of the molecule is Cn1nc(NS(C)(=O)=O)c2c(Cl)ccc(-n3c([C@H](Cc4cc(F)cc(F)c4)NC(=O)Cn4nc(C(F)F)c5c4C(F)(F)C4C[C@@H]54)nc4cc(-c5ccc(F)c(C#N)c5)ccc4c3=O)c21. The van der Waals surface area contributed by atoms with Crippen molar-refractivity contribution in [3.8, 4) is 22.9 Å². The number of benzene rings is 4. The zero-order valence-corrected chi connectivity index (χ0v) is 34.5. The molecule has 1 saturated carbocycles. The van der Waals surface area contributed by atoms with E-state index in [0.29, 0.717) is 21.9 Å². The van der Waals surface area contributed by atoms with Gasteiger partial charge in [-0.3, -0.25) is 28.2 Å². The van der Waals surface area contributed by atoms with Gasteiger partial charge >= 0.3 is 0 Å². The van der Waals surface area contributed by atoms with Gasteiger partial charge in [0.15, 0.2) is 5.82 Å². The smallest absolute Gasteiger partial charge is 0.293 e. The van der Waals surface area contributed by atoms with E-state index in [1.54, 1.807) is 6.07 Å². The highest BCUT2D eigenvalue weighted by Gasteiger charge is 2.67.